The van der Waals surface area contributed by atoms with Crippen molar-refractivity contribution in [3.05, 3.63) is 0 Å². The maximum atomic E-state index is 11.6. The minimum absolute atomic E-state index is 0.208. The molecular formula is C8H17N3O4S. The number of morpholine rings is 1. The van der Waals surface area contributed by atoms with E-state index in [1.54, 1.807) is 4.90 Å². The second-order valence-corrected chi connectivity index (χ2v) is 5.57. The van der Waals surface area contributed by atoms with E-state index >= 15 is 0 Å². The topological polar surface area (TPSA) is 79.0 Å². The summed E-state index contributed by atoms with van der Waals surface area (Å²) >= 11 is 0. The Kier molecular flexibility index (Phi) is 4.66. The van der Waals surface area contributed by atoms with Crippen molar-refractivity contribution >= 4 is 16.1 Å². The lowest BCUT2D eigenvalue weighted by Crippen LogP contribution is -2.47. The highest BCUT2D eigenvalue weighted by Gasteiger charge is 2.20. The van der Waals surface area contributed by atoms with Crippen LogP contribution in [-0.4, -0.2) is 70.5 Å². The maximum absolute atomic E-state index is 11.6. The molecule has 7 nitrogen and oxygen atoms in total. The van der Waals surface area contributed by atoms with Gasteiger partial charge in [-0.1, -0.05) is 0 Å². The largest absolute Gasteiger partial charge is 0.378 e. The summed E-state index contributed by atoms with van der Waals surface area (Å²) in [5, 5.41) is 0. The van der Waals surface area contributed by atoms with Crippen molar-refractivity contribution in [1.29, 1.82) is 0 Å². The summed E-state index contributed by atoms with van der Waals surface area (Å²) < 4.78 is 31.0. The molecule has 0 aromatic rings. The Bertz CT molecular complexity index is 335. The minimum atomic E-state index is -3.53. The molecule has 0 aliphatic carbocycles. The molecule has 0 aromatic carbocycles. The van der Waals surface area contributed by atoms with Gasteiger partial charge in [0, 0.05) is 27.2 Å². The van der Waals surface area contributed by atoms with E-state index in [1.807, 2.05) is 0 Å². The third-order valence-corrected chi connectivity index (χ3v) is 3.72. The Hall–Kier alpha value is -0.700. The molecule has 1 amide bonds. The molecule has 8 heteroatoms. The zero-order chi connectivity index (χ0) is 12.2. The fraction of sp³-hybridized carbons (Fsp3) is 0.875. The van der Waals surface area contributed by atoms with E-state index in [1.165, 1.54) is 14.1 Å². The number of carbonyl (C=O) groups is 1. The molecule has 16 heavy (non-hydrogen) atoms. The number of amides is 1. The molecule has 0 bridgehead atoms. The first-order valence-electron chi connectivity index (χ1n) is 4.96. The Morgan fingerprint density at radius 1 is 1.38 bits per heavy atom. The van der Waals surface area contributed by atoms with Crippen molar-refractivity contribution in [3.8, 4) is 0 Å². The molecule has 0 atom stereocenters. The minimum Gasteiger partial charge on any atom is -0.378 e. The summed E-state index contributed by atoms with van der Waals surface area (Å²) in [6.07, 6.45) is 0. The van der Waals surface area contributed by atoms with Crippen LogP contribution in [0.25, 0.3) is 0 Å². The first-order chi connectivity index (χ1) is 7.43. The quantitative estimate of drug-likeness (QED) is 0.642. The van der Waals surface area contributed by atoms with Crippen LogP contribution in [0.1, 0.15) is 0 Å². The van der Waals surface area contributed by atoms with Crippen LogP contribution in [0.4, 0.5) is 0 Å². The predicted octanol–water partition coefficient (Wildman–Crippen LogP) is -1.76. The Labute approximate surface area is 95.5 Å². The molecule has 1 rings (SSSR count). The first kappa shape index (κ1) is 13.4. The highest BCUT2D eigenvalue weighted by molar-refractivity contribution is 7.87. The molecule has 94 valence electrons. The van der Waals surface area contributed by atoms with Gasteiger partial charge in [0.15, 0.2) is 0 Å². The summed E-state index contributed by atoms with van der Waals surface area (Å²) in [5.74, 6) is -0.228. The van der Waals surface area contributed by atoms with Gasteiger partial charge in [-0.3, -0.25) is 4.79 Å². The zero-order valence-electron chi connectivity index (χ0n) is 9.47. The molecular weight excluding hydrogens is 234 g/mol. The number of ether oxygens (including phenoxy) is 1. The SMILES string of the molecule is CN(C)S(=O)(=O)NCC(=O)N1CCOCC1. The predicted molar refractivity (Wildman–Crippen MR) is 58.0 cm³/mol. The monoisotopic (exact) mass is 251 g/mol. The van der Waals surface area contributed by atoms with Gasteiger partial charge in [0.05, 0.1) is 19.8 Å². The number of nitrogens with one attached hydrogen (secondary N) is 1. The standard InChI is InChI=1S/C8H17N3O4S/c1-10(2)16(13,14)9-7-8(12)11-3-5-15-6-4-11/h9H,3-7H2,1-2H3. The molecule has 1 N–H and O–H groups in total. The smallest absolute Gasteiger partial charge is 0.279 e. The fourth-order valence-electron chi connectivity index (χ4n) is 1.21. The van der Waals surface area contributed by atoms with Crippen LogP contribution in [0.2, 0.25) is 0 Å². The van der Waals surface area contributed by atoms with Crippen LogP contribution in [0.3, 0.4) is 0 Å². The molecule has 1 heterocycles. The third kappa shape index (κ3) is 3.71. The summed E-state index contributed by atoms with van der Waals surface area (Å²) in [4.78, 5) is 13.2. The van der Waals surface area contributed by atoms with Gasteiger partial charge in [0.25, 0.3) is 10.2 Å². The van der Waals surface area contributed by atoms with Crippen molar-refractivity contribution in [2.75, 3.05) is 46.9 Å². The van der Waals surface area contributed by atoms with Gasteiger partial charge in [-0.15, -0.1) is 0 Å². The highest BCUT2D eigenvalue weighted by Crippen LogP contribution is 1.97. The molecule has 0 aromatic heterocycles. The molecule has 1 saturated heterocycles. The van der Waals surface area contributed by atoms with E-state index in [9.17, 15) is 13.2 Å². The molecule has 1 aliphatic rings. The van der Waals surface area contributed by atoms with Crippen LogP contribution in [0, 0.1) is 0 Å². The number of rotatable bonds is 4. The van der Waals surface area contributed by atoms with Crippen LogP contribution in [0.5, 0.6) is 0 Å². The van der Waals surface area contributed by atoms with Crippen molar-refractivity contribution in [2.45, 2.75) is 0 Å². The van der Waals surface area contributed by atoms with Crippen LogP contribution < -0.4 is 4.72 Å². The van der Waals surface area contributed by atoms with Crippen LogP contribution >= 0.6 is 0 Å². The Morgan fingerprint density at radius 3 is 2.44 bits per heavy atom. The third-order valence-electron chi connectivity index (χ3n) is 2.25. The normalized spacial score (nSPS) is 17.8. The van der Waals surface area contributed by atoms with E-state index in [4.69, 9.17) is 4.74 Å². The zero-order valence-corrected chi connectivity index (χ0v) is 10.3. The maximum Gasteiger partial charge on any atom is 0.279 e. The summed E-state index contributed by atoms with van der Waals surface area (Å²) in [5.41, 5.74) is 0. The van der Waals surface area contributed by atoms with Crippen molar-refractivity contribution < 1.29 is 17.9 Å². The van der Waals surface area contributed by atoms with Gasteiger partial charge in [-0.2, -0.15) is 17.4 Å². The van der Waals surface area contributed by atoms with E-state index in [2.05, 4.69) is 4.72 Å². The molecule has 0 saturated carbocycles. The van der Waals surface area contributed by atoms with Gasteiger partial charge < -0.3 is 9.64 Å². The van der Waals surface area contributed by atoms with Gasteiger partial charge in [0.1, 0.15) is 0 Å². The lowest BCUT2D eigenvalue weighted by atomic mass is 10.4. The second kappa shape index (κ2) is 5.58. The summed E-state index contributed by atoms with van der Waals surface area (Å²) in [6, 6.07) is 0. The van der Waals surface area contributed by atoms with Gasteiger partial charge in [-0.05, 0) is 0 Å². The summed E-state index contributed by atoms with van der Waals surface area (Å²) in [7, 11) is -0.719. The lowest BCUT2D eigenvalue weighted by molar-refractivity contribution is -0.133. The highest BCUT2D eigenvalue weighted by atomic mass is 32.2. The number of hydrogen-bond acceptors (Lipinski definition) is 4. The van der Waals surface area contributed by atoms with Crippen LogP contribution in [-0.2, 0) is 19.7 Å². The summed E-state index contributed by atoms with van der Waals surface area (Å²) in [6.45, 7) is 1.84. The van der Waals surface area contributed by atoms with Gasteiger partial charge >= 0.3 is 0 Å². The van der Waals surface area contributed by atoms with Gasteiger partial charge in [0.2, 0.25) is 5.91 Å². The van der Waals surface area contributed by atoms with E-state index in [0.29, 0.717) is 26.3 Å². The average molecular weight is 251 g/mol. The Balaban J connectivity index is 2.40. The van der Waals surface area contributed by atoms with Crippen molar-refractivity contribution in [1.82, 2.24) is 13.9 Å². The van der Waals surface area contributed by atoms with E-state index in [0.717, 1.165) is 4.31 Å². The molecule has 0 unspecified atom stereocenters. The van der Waals surface area contributed by atoms with E-state index in [-0.39, 0.29) is 12.5 Å². The van der Waals surface area contributed by atoms with Crippen molar-refractivity contribution in [3.63, 3.8) is 0 Å². The fourth-order valence-corrected chi connectivity index (χ4v) is 1.77. The molecule has 0 radical (unpaired) electrons. The van der Waals surface area contributed by atoms with Crippen LogP contribution in [0.15, 0.2) is 0 Å². The van der Waals surface area contributed by atoms with Gasteiger partial charge in [-0.25, -0.2) is 0 Å². The Morgan fingerprint density at radius 2 is 1.94 bits per heavy atom. The number of hydrogen-bond donors (Lipinski definition) is 1. The molecule has 0 spiro atoms. The van der Waals surface area contributed by atoms with Crippen molar-refractivity contribution in [2.24, 2.45) is 0 Å². The van der Waals surface area contributed by atoms with E-state index < -0.39 is 10.2 Å². The second-order valence-electron chi connectivity index (χ2n) is 3.60. The lowest BCUT2D eigenvalue weighted by Gasteiger charge is -2.27. The average Bonchev–Trinajstić information content (AvgIpc) is 2.27. The number of carbonyl (C=O) groups excluding carboxylic acids is 1. The number of nitrogens with zero attached hydrogens (tertiary/aromatic N) is 2. The first-order valence-corrected chi connectivity index (χ1v) is 6.40. The molecule has 1 aliphatic heterocycles. The molecule has 1 fully saturated rings.